The van der Waals surface area contributed by atoms with Gasteiger partial charge in [-0.15, -0.1) is 0 Å². The molecule has 94 valence electrons. The number of nitrogens with zero attached hydrogens (tertiary/aromatic N) is 1. The van der Waals surface area contributed by atoms with Gasteiger partial charge in [0.2, 0.25) is 0 Å². The number of hydrogen-bond acceptors (Lipinski definition) is 2. The van der Waals surface area contributed by atoms with Crippen molar-refractivity contribution in [2.24, 2.45) is 5.92 Å². The highest BCUT2D eigenvalue weighted by molar-refractivity contribution is 5.76. The molecule has 2 nitrogen and oxygen atoms in total. The van der Waals surface area contributed by atoms with Crippen LogP contribution in [0.15, 0.2) is 24.3 Å². The normalized spacial score (nSPS) is 10.6. The summed E-state index contributed by atoms with van der Waals surface area (Å²) < 4.78 is 0. The molecule has 0 aliphatic rings. The minimum atomic E-state index is 0.244. The van der Waals surface area contributed by atoms with E-state index in [-0.39, 0.29) is 5.78 Å². The monoisotopic (exact) mass is 233 g/mol. The fourth-order valence-electron chi connectivity index (χ4n) is 1.81. The van der Waals surface area contributed by atoms with E-state index in [4.69, 9.17) is 0 Å². The Kier molecular flexibility index (Phi) is 5.20. The number of hydrogen-bond donors (Lipinski definition) is 0. The Bertz CT molecular complexity index is 354. The molecule has 0 spiro atoms. The van der Waals surface area contributed by atoms with Gasteiger partial charge in [0.05, 0.1) is 0 Å². The minimum absolute atomic E-state index is 0.244. The molecule has 0 atom stereocenters. The molecule has 0 unspecified atom stereocenters. The largest absolute Gasteiger partial charge is 0.374 e. The highest BCUT2D eigenvalue weighted by atomic mass is 16.1. The molecule has 1 aromatic rings. The second-order valence-corrected chi connectivity index (χ2v) is 5.14. The van der Waals surface area contributed by atoms with Crippen molar-refractivity contribution in [3.05, 3.63) is 29.8 Å². The van der Waals surface area contributed by atoms with Gasteiger partial charge in [0, 0.05) is 25.7 Å². The molecule has 0 fully saturated rings. The zero-order valence-corrected chi connectivity index (χ0v) is 11.4. The second-order valence-electron chi connectivity index (χ2n) is 5.14. The average Bonchev–Trinajstić information content (AvgIpc) is 2.26. The lowest BCUT2D eigenvalue weighted by Crippen LogP contribution is -2.20. The fourth-order valence-corrected chi connectivity index (χ4v) is 1.81. The third-order valence-electron chi connectivity index (χ3n) is 2.82. The van der Waals surface area contributed by atoms with E-state index in [1.807, 2.05) is 7.05 Å². The van der Waals surface area contributed by atoms with Gasteiger partial charge in [0.25, 0.3) is 0 Å². The summed E-state index contributed by atoms with van der Waals surface area (Å²) in [6.07, 6.45) is 1.74. The van der Waals surface area contributed by atoms with Crippen LogP contribution in [0.3, 0.4) is 0 Å². The summed E-state index contributed by atoms with van der Waals surface area (Å²) in [4.78, 5) is 13.1. The molecule has 0 N–H and O–H groups in total. The van der Waals surface area contributed by atoms with Crippen LogP contribution >= 0.6 is 0 Å². The number of anilines is 1. The number of Topliss-reactive ketones (excluding diaryl/α,β-unsaturated/α-hetero) is 1. The molecule has 0 amide bonds. The zero-order chi connectivity index (χ0) is 12.8. The van der Waals surface area contributed by atoms with Crippen molar-refractivity contribution >= 4 is 11.5 Å². The summed E-state index contributed by atoms with van der Waals surface area (Å²) in [5.74, 6) is 0.935. The van der Waals surface area contributed by atoms with Gasteiger partial charge < -0.3 is 4.90 Å². The number of carbonyl (C=O) groups excluding carboxylic acids is 1. The quantitative estimate of drug-likeness (QED) is 0.751. The van der Waals surface area contributed by atoms with Crippen LogP contribution in [0.1, 0.15) is 32.8 Å². The Balaban J connectivity index is 2.57. The van der Waals surface area contributed by atoms with E-state index >= 15 is 0 Å². The lowest BCUT2D eigenvalue weighted by molar-refractivity contribution is -0.116. The zero-order valence-electron chi connectivity index (χ0n) is 11.4. The number of rotatable bonds is 6. The molecule has 0 bridgehead atoms. The number of ketones is 1. The first-order chi connectivity index (χ1) is 7.99. The summed E-state index contributed by atoms with van der Waals surface area (Å²) in [6.45, 7) is 6.89. The number of carbonyl (C=O) groups is 1. The molecule has 0 saturated heterocycles. The first-order valence-corrected chi connectivity index (χ1v) is 6.28. The van der Waals surface area contributed by atoms with E-state index in [0.29, 0.717) is 12.3 Å². The van der Waals surface area contributed by atoms with Gasteiger partial charge in [-0.1, -0.05) is 26.0 Å². The molecule has 0 aromatic heterocycles. The summed E-state index contributed by atoms with van der Waals surface area (Å²) in [5.41, 5.74) is 2.56. The van der Waals surface area contributed by atoms with Gasteiger partial charge in [-0.2, -0.15) is 0 Å². The van der Waals surface area contributed by atoms with Crippen LogP contribution in [-0.4, -0.2) is 19.4 Å². The Morgan fingerprint density at radius 1 is 1.24 bits per heavy atom. The maximum absolute atomic E-state index is 10.9. The van der Waals surface area contributed by atoms with Crippen molar-refractivity contribution in [1.82, 2.24) is 0 Å². The number of benzene rings is 1. The Morgan fingerprint density at radius 3 is 2.29 bits per heavy atom. The van der Waals surface area contributed by atoms with Gasteiger partial charge in [-0.05, 0) is 37.0 Å². The van der Waals surface area contributed by atoms with Crippen molar-refractivity contribution in [1.29, 1.82) is 0 Å². The van der Waals surface area contributed by atoms with Crippen LogP contribution in [0.2, 0.25) is 0 Å². The lowest BCUT2D eigenvalue weighted by Gasteiger charge is -2.19. The van der Waals surface area contributed by atoms with Crippen molar-refractivity contribution < 1.29 is 4.79 Å². The standard InChI is InChI=1S/C15H23NO/c1-12(2)11-14-5-7-15(8-6-14)16(4)10-9-13(3)17/h5-8,12H,9-11H2,1-4H3. The molecule has 2 heteroatoms. The Morgan fingerprint density at radius 2 is 1.82 bits per heavy atom. The van der Waals surface area contributed by atoms with Crippen molar-refractivity contribution in [2.75, 3.05) is 18.5 Å². The molecule has 17 heavy (non-hydrogen) atoms. The molecular weight excluding hydrogens is 210 g/mol. The van der Waals surface area contributed by atoms with Gasteiger partial charge in [0.1, 0.15) is 5.78 Å². The van der Waals surface area contributed by atoms with Crippen molar-refractivity contribution in [3.63, 3.8) is 0 Å². The summed E-state index contributed by atoms with van der Waals surface area (Å²) >= 11 is 0. The van der Waals surface area contributed by atoms with E-state index in [2.05, 4.69) is 43.0 Å². The molecule has 1 aromatic carbocycles. The third kappa shape index (κ3) is 5.03. The fraction of sp³-hybridized carbons (Fsp3) is 0.533. The summed E-state index contributed by atoms with van der Waals surface area (Å²) in [7, 11) is 2.03. The Labute approximate surface area is 105 Å². The van der Waals surface area contributed by atoms with E-state index in [0.717, 1.165) is 13.0 Å². The van der Waals surface area contributed by atoms with Gasteiger partial charge in [-0.3, -0.25) is 4.79 Å². The molecule has 0 radical (unpaired) electrons. The predicted molar refractivity (Wildman–Crippen MR) is 73.6 cm³/mol. The van der Waals surface area contributed by atoms with Crippen LogP contribution in [0.25, 0.3) is 0 Å². The maximum Gasteiger partial charge on any atom is 0.131 e. The topological polar surface area (TPSA) is 20.3 Å². The van der Waals surface area contributed by atoms with Crippen molar-refractivity contribution in [3.8, 4) is 0 Å². The first-order valence-electron chi connectivity index (χ1n) is 6.28. The molecular formula is C15H23NO. The van der Waals surface area contributed by atoms with Crippen molar-refractivity contribution in [2.45, 2.75) is 33.6 Å². The minimum Gasteiger partial charge on any atom is -0.374 e. The molecule has 0 aliphatic carbocycles. The van der Waals surface area contributed by atoms with E-state index in [1.54, 1.807) is 6.92 Å². The second kappa shape index (κ2) is 6.43. The molecule has 0 saturated carbocycles. The highest BCUT2D eigenvalue weighted by Crippen LogP contribution is 2.16. The summed E-state index contributed by atoms with van der Waals surface area (Å²) in [6, 6.07) is 8.63. The maximum atomic E-state index is 10.9. The molecule has 1 rings (SSSR count). The SMILES string of the molecule is CC(=O)CCN(C)c1ccc(CC(C)C)cc1. The lowest BCUT2D eigenvalue weighted by atomic mass is 10.0. The van der Waals surface area contributed by atoms with E-state index in [9.17, 15) is 4.79 Å². The van der Waals surface area contributed by atoms with Gasteiger partial charge in [0.15, 0.2) is 0 Å². The van der Waals surface area contributed by atoms with Crippen LogP contribution in [-0.2, 0) is 11.2 Å². The predicted octanol–water partition coefficient (Wildman–Crippen LogP) is 3.30. The Hall–Kier alpha value is -1.31. The third-order valence-corrected chi connectivity index (χ3v) is 2.82. The molecule has 0 aliphatic heterocycles. The van der Waals surface area contributed by atoms with Gasteiger partial charge >= 0.3 is 0 Å². The van der Waals surface area contributed by atoms with Gasteiger partial charge in [-0.25, -0.2) is 0 Å². The smallest absolute Gasteiger partial charge is 0.131 e. The van der Waals surface area contributed by atoms with E-state index in [1.165, 1.54) is 11.3 Å². The average molecular weight is 233 g/mol. The van der Waals surface area contributed by atoms with Crippen LogP contribution < -0.4 is 4.90 Å². The first kappa shape index (κ1) is 13.8. The van der Waals surface area contributed by atoms with E-state index < -0.39 is 0 Å². The van der Waals surface area contributed by atoms with Crippen LogP contribution in [0.5, 0.6) is 0 Å². The molecule has 0 heterocycles. The summed E-state index contributed by atoms with van der Waals surface area (Å²) in [5, 5.41) is 0. The highest BCUT2D eigenvalue weighted by Gasteiger charge is 2.03. The van der Waals surface area contributed by atoms with Crippen LogP contribution in [0.4, 0.5) is 5.69 Å². The van der Waals surface area contributed by atoms with Crippen LogP contribution in [0, 0.1) is 5.92 Å².